The van der Waals surface area contributed by atoms with Crippen LogP contribution in [0.5, 0.6) is 0 Å². The summed E-state index contributed by atoms with van der Waals surface area (Å²) < 4.78 is 1.72. The quantitative estimate of drug-likeness (QED) is 0.655. The highest BCUT2D eigenvalue weighted by atomic mass is 16.3. The molecular formula is C19H21N5O2. The maximum atomic E-state index is 12.7. The summed E-state index contributed by atoms with van der Waals surface area (Å²) in [5.74, 6) is 0.0961. The number of aryl methyl sites for hydroxylation is 1. The van der Waals surface area contributed by atoms with Gasteiger partial charge < -0.3 is 10.4 Å². The van der Waals surface area contributed by atoms with Crippen LogP contribution in [0.15, 0.2) is 48.9 Å². The van der Waals surface area contributed by atoms with Crippen molar-refractivity contribution < 1.29 is 9.90 Å². The third-order valence-electron chi connectivity index (χ3n) is 4.95. The number of nitrogens with zero attached hydrogens (tertiary/aromatic N) is 3. The van der Waals surface area contributed by atoms with Gasteiger partial charge >= 0.3 is 0 Å². The summed E-state index contributed by atoms with van der Waals surface area (Å²) in [4.78, 5) is 12.7. The fraction of sp³-hybridized carbons (Fsp3) is 0.316. The van der Waals surface area contributed by atoms with Crippen molar-refractivity contribution in [3.8, 4) is 11.3 Å². The molecule has 1 atom stereocenters. The van der Waals surface area contributed by atoms with Gasteiger partial charge in [-0.3, -0.25) is 14.6 Å². The van der Waals surface area contributed by atoms with Crippen LogP contribution in [0.1, 0.15) is 34.8 Å². The molecule has 26 heavy (non-hydrogen) atoms. The van der Waals surface area contributed by atoms with E-state index >= 15 is 0 Å². The number of aliphatic hydroxyl groups is 1. The van der Waals surface area contributed by atoms with Crippen molar-refractivity contribution in [3.05, 3.63) is 60.0 Å². The molecule has 0 radical (unpaired) electrons. The lowest BCUT2D eigenvalue weighted by atomic mass is 9.75. The molecule has 134 valence electrons. The lowest BCUT2D eigenvalue weighted by molar-refractivity contribution is 0.0235. The summed E-state index contributed by atoms with van der Waals surface area (Å²) in [5.41, 5.74) is 3.45. The van der Waals surface area contributed by atoms with Gasteiger partial charge in [-0.25, -0.2) is 0 Å². The molecule has 1 aromatic carbocycles. The predicted molar refractivity (Wildman–Crippen MR) is 96.2 cm³/mol. The van der Waals surface area contributed by atoms with Crippen LogP contribution >= 0.6 is 0 Å². The molecule has 3 N–H and O–H groups in total. The number of benzene rings is 1. The van der Waals surface area contributed by atoms with Crippen molar-refractivity contribution in [2.45, 2.75) is 25.0 Å². The summed E-state index contributed by atoms with van der Waals surface area (Å²) in [6, 6.07) is 9.15. The molecule has 0 saturated heterocycles. The Morgan fingerprint density at radius 2 is 2.08 bits per heavy atom. The van der Waals surface area contributed by atoms with Crippen molar-refractivity contribution in [2.24, 2.45) is 13.0 Å². The number of aromatic amines is 1. The van der Waals surface area contributed by atoms with E-state index in [9.17, 15) is 9.90 Å². The molecule has 3 aromatic rings. The van der Waals surface area contributed by atoms with Crippen molar-refractivity contribution in [3.63, 3.8) is 0 Å². The van der Waals surface area contributed by atoms with Crippen molar-refractivity contribution in [2.75, 3.05) is 0 Å². The van der Waals surface area contributed by atoms with Gasteiger partial charge in [0.15, 0.2) is 0 Å². The first kappa shape index (κ1) is 16.5. The number of nitrogens with one attached hydrogen (secondary N) is 2. The van der Waals surface area contributed by atoms with Gasteiger partial charge in [0.25, 0.3) is 5.91 Å². The fourth-order valence-corrected chi connectivity index (χ4v) is 3.42. The third kappa shape index (κ3) is 3.25. The topological polar surface area (TPSA) is 95.8 Å². The lowest BCUT2D eigenvalue weighted by Crippen LogP contribution is -2.41. The molecule has 2 heterocycles. The molecule has 1 aliphatic rings. The zero-order chi connectivity index (χ0) is 18.1. The molecule has 0 bridgehead atoms. The number of hydrogen-bond acceptors (Lipinski definition) is 4. The molecule has 0 unspecified atom stereocenters. The molecule has 7 nitrogen and oxygen atoms in total. The van der Waals surface area contributed by atoms with Crippen LogP contribution in [0.25, 0.3) is 11.3 Å². The average molecular weight is 351 g/mol. The first-order valence-electron chi connectivity index (χ1n) is 8.67. The Bertz CT molecular complexity index is 879. The highest BCUT2D eigenvalue weighted by Gasteiger charge is 2.36. The Kier molecular flexibility index (Phi) is 4.30. The van der Waals surface area contributed by atoms with Gasteiger partial charge in [0.1, 0.15) is 0 Å². The first-order valence-corrected chi connectivity index (χ1v) is 8.67. The number of aromatic nitrogens is 4. The normalized spacial score (nSPS) is 20.4. The van der Waals surface area contributed by atoms with Crippen LogP contribution in [0, 0.1) is 5.92 Å². The third-order valence-corrected chi connectivity index (χ3v) is 4.95. The van der Waals surface area contributed by atoms with Crippen molar-refractivity contribution >= 4 is 5.91 Å². The average Bonchev–Trinajstić information content (AvgIpc) is 3.29. The Hall–Kier alpha value is -2.93. The number of H-pyrrole nitrogens is 1. The van der Waals surface area contributed by atoms with Crippen LogP contribution < -0.4 is 5.32 Å². The van der Waals surface area contributed by atoms with Crippen LogP contribution in [-0.2, 0) is 7.05 Å². The SMILES string of the molecule is Cn1cc([C@H](NC(=O)c2ccc(-c3ccn[nH]3)cc2)C2CC(O)C2)cn1. The van der Waals surface area contributed by atoms with Gasteiger partial charge in [-0.15, -0.1) is 0 Å². The molecule has 2 aromatic heterocycles. The standard InChI is InChI=1S/C19H21N5O2/c1-24-11-15(10-21-24)18(14-8-16(25)9-14)22-19(26)13-4-2-12(3-5-13)17-6-7-20-23-17/h2-7,10-11,14,16,18,25H,8-9H2,1H3,(H,20,23)(H,22,26)/t14?,16?,18-/m1/s1. The van der Waals surface area contributed by atoms with Gasteiger partial charge in [-0.2, -0.15) is 10.2 Å². The summed E-state index contributed by atoms with van der Waals surface area (Å²) >= 11 is 0. The summed E-state index contributed by atoms with van der Waals surface area (Å²) in [5, 5.41) is 23.8. The number of carbonyl (C=O) groups excluding carboxylic acids is 1. The molecular weight excluding hydrogens is 330 g/mol. The highest BCUT2D eigenvalue weighted by Crippen LogP contribution is 2.38. The molecule has 0 spiro atoms. The zero-order valence-electron chi connectivity index (χ0n) is 14.5. The Labute approximate surface area is 151 Å². The summed E-state index contributed by atoms with van der Waals surface area (Å²) in [6.45, 7) is 0. The largest absolute Gasteiger partial charge is 0.393 e. The molecule has 1 aliphatic carbocycles. The molecule has 0 aliphatic heterocycles. The van der Waals surface area contributed by atoms with E-state index in [0.717, 1.165) is 16.8 Å². The molecule has 1 amide bonds. The number of carbonyl (C=O) groups is 1. The van der Waals surface area contributed by atoms with Crippen LogP contribution in [0.4, 0.5) is 0 Å². The smallest absolute Gasteiger partial charge is 0.251 e. The van der Waals surface area contributed by atoms with Gasteiger partial charge in [0, 0.05) is 30.6 Å². The van der Waals surface area contributed by atoms with Gasteiger partial charge in [0.2, 0.25) is 0 Å². The Morgan fingerprint density at radius 1 is 1.31 bits per heavy atom. The minimum Gasteiger partial charge on any atom is -0.393 e. The van der Waals surface area contributed by atoms with Gasteiger partial charge in [-0.1, -0.05) is 12.1 Å². The zero-order valence-corrected chi connectivity index (χ0v) is 14.5. The van der Waals surface area contributed by atoms with E-state index in [1.807, 2.05) is 31.4 Å². The van der Waals surface area contributed by atoms with E-state index < -0.39 is 0 Å². The second-order valence-electron chi connectivity index (χ2n) is 6.83. The first-order chi connectivity index (χ1) is 12.6. The maximum absolute atomic E-state index is 12.7. The van der Waals surface area contributed by atoms with Crippen molar-refractivity contribution in [1.82, 2.24) is 25.3 Å². The predicted octanol–water partition coefficient (Wildman–Crippen LogP) is 2.05. The Morgan fingerprint density at radius 3 is 2.65 bits per heavy atom. The monoisotopic (exact) mass is 351 g/mol. The minimum absolute atomic E-state index is 0.128. The molecule has 7 heteroatoms. The van der Waals surface area contributed by atoms with E-state index in [4.69, 9.17) is 0 Å². The minimum atomic E-state index is -0.273. The van der Waals surface area contributed by atoms with E-state index in [1.165, 1.54) is 0 Å². The summed E-state index contributed by atoms with van der Waals surface area (Å²) in [6.07, 6.45) is 6.50. The molecule has 4 rings (SSSR count). The van der Waals surface area contributed by atoms with E-state index in [1.54, 1.807) is 29.2 Å². The van der Waals surface area contributed by atoms with Crippen LogP contribution in [0.3, 0.4) is 0 Å². The number of aliphatic hydroxyl groups excluding tert-OH is 1. The second-order valence-corrected chi connectivity index (χ2v) is 6.83. The summed E-state index contributed by atoms with van der Waals surface area (Å²) in [7, 11) is 1.85. The van der Waals surface area contributed by atoms with E-state index in [-0.39, 0.29) is 24.0 Å². The number of amides is 1. The highest BCUT2D eigenvalue weighted by molar-refractivity contribution is 5.94. The van der Waals surface area contributed by atoms with Crippen LogP contribution in [0.2, 0.25) is 0 Å². The number of rotatable bonds is 5. The van der Waals surface area contributed by atoms with Gasteiger partial charge in [-0.05, 0) is 42.5 Å². The molecule has 1 fully saturated rings. The lowest BCUT2D eigenvalue weighted by Gasteiger charge is -2.37. The second kappa shape index (κ2) is 6.76. The Balaban J connectivity index is 1.51. The maximum Gasteiger partial charge on any atom is 0.251 e. The van der Waals surface area contributed by atoms with E-state index in [0.29, 0.717) is 18.4 Å². The number of hydrogen-bond donors (Lipinski definition) is 3. The van der Waals surface area contributed by atoms with Crippen LogP contribution in [-0.4, -0.2) is 37.1 Å². The van der Waals surface area contributed by atoms with Gasteiger partial charge in [0.05, 0.1) is 24.0 Å². The van der Waals surface area contributed by atoms with E-state index in [2.05, 4.69) is 20.6 Å². The fourth-order valence-electron chi connectivity index (χ4n) is 3.42. The van der Waals surface area contributed by atoms with Crippen molar-refractivity contribution in [1.29, 1.82) is 0 Å². The molecule has 1 saturated carbocycles.